The highest BCUT2D eigenvalue weighted by Gasteiger charge is 2.24. The van der Waals surface area contributed by atoms with Crippen molar-refractivity contribution in [2.45, 2.75) is 19.4 Å². The SMILES string of the molecule is CC(N)CN1CCCNC(=O)C1=O. The molecule has 13 heavy (non-hydrogen) atoms. The van der Waals surface area contributed by atoms with Crippen molar-refractivity contribution in [1.29, 1.82) is 0 Å². The first-order valence-corrected chi connectivity index (χ1v) is 4.44. The van der Waals surface area contributed by atoms with E-state index >= 15 is 0 Å². The van der Waals surface area contributed by atoms with E-state index in [1.807, 2.05) is 6.92 Å². The molecule has 1 atom stereocenters. The van der Waals surface area contributed by atoms with E-state index in [4.69, 9.17) is 5.73 Å². The van der Waals surface area contributed by atoms with Crippen LogP contribution in [0.2, 0.25) is 0 Å². The lowest BCUT2D eigenvalue weighted by Gasteiger charge is -2.20. The van der Waals surface area contributed by atoms with Gasteiger partial charge in [0.1, 0.15) is 0 Å². The van der Waals surface area contributed by atoms with E-state index in [9.17, 15) is 9.59 Å². The summed E-state index contributed by atoms with van der Waals surface area (Å²) in [6.45, 7) is 3.45. The fourth-order valence-corrected chi connectivity index (χ4v) is 1.31. The van der Waals surface area contributed by atoms with Crippen LogP contribution >= 0.6 is 0 Å². The Morgan fingerprint density at radius 2 is 2.31 bits per heavy atom. The number of hydrogen-bond donors (Lipinski definition) is 2. The predicted molar refractivity (Wildman–Crippen MR) is 47.9 cm³/mol. The van der Waals surface area contributed by atoms with Crippen LogP contribution in [0.15, 0.2) is 0 Å². The highest BCUT2D eigenvalue weighted by molar-refractivity contribution is 6.35. The Bertz CT molecular complexity index is 215. The molecule has 5 heteroatoms. The van der Waals surface area contributed by atoms with Crippen molar-refractivity contribution in [2.24, 2.45) is 5.73 Å². The Morgan fingerprint density at radius 1 is 1.62 bits per heavy atom. The third-order valence-corrected chi connectivity index (χ3v) is 1.88. The van der Waals surface area contributed by atoms with Crippen LogP contribution in [0.5, 0.6) is 0 Å². The summed E-state index contributed by atoms with van der Waals surface area (Å²) in [6, 6.07) is -0.0881. The van der Waals surface area contributed by atoms with E-state index in [-0.39, 0.29) is 6.04 Å². The third-order valence-electron chi connectivity index (χ3n) is 1.88. The minimum atomic E-state index is -0.516. The van der Waals surface area contributed by atoms with Gasteiger partial charge in [0.2, 0.25) is 0 Å². The van der Waals surface area contributed by atoms with Gasteiger partial charge in [-0.1, -0.05) is 0 Å². The monoisotopic (exact) mass is 185 g/mol. The molecule has 0 spiro atoms. The largest absolute Gasteiger partial charge is 0.348 e. The van der Waals surface area contributed by atoms with Gasteiger partial charge in [-0.2, -0.15) is 0 Å². The van der Waals surface area contributed by atoms with E-state index in [2.05, 4.69) is 5.32 Å². The van der Waals surface area contributed by atoms with Gasteiger partial charge in [-0.05, 0) is 13.3 Å². The standard InChI is InChI=1S/C8H15N3O2/c1-6(9)5-11-4-2-3-10-7(12)8(11)13/h6H,2-5,9H2,1H3,(H,10,12). The minimum absolute atomic E-state index is 0.0881. The molecule has 1 fully saturated rings. The number of nitrogens with one attached hydrogen (secondary N) is 1. The summed E-state index contributed by atoms with van der Waals surface area (Å²) in [5, 5.41) is 2.53. The quantitative estimate of drug-likeness (QED) is 0.524. The Kier molecular flexibility index (Phi) is 3.25. The van der Waals surface area contributed by atoms with E-state index in [1.165, 1.54) is 4.90 Å². The molecule has 1 heterocycles. The van der Waals surface area contributed by atoms with Crippen molar-refractivity contribution >= 4 is 11.8 Å². The maximum absolute atomic E-state index is 11.3. The highest BCUT2D eigenvalue weighted by Crippen LogP contribution is 1.98. The van der Waals surface area contributed by atoms with Crippen LogP contribution < -0.4 is 11.1 Å². The Morgan fingerprint density at radius 3 is 2.92 bits per heavy atom. The Hall–Kier alpha value is -1.10. The summed E-state index contributed by atoms with van der Waals surface area (Å²) in [4.78, 5) is 23.9. The maximum atomic E-state index is 11.3. The Balaban J connectivity index is 2.59. The van der Waals surface area contributed by atoms with Gasteiger partial charge < -0.3 is 16.0 Å². The second-order valence-electron chi connectivity index (χ2n) is 3.34. The summed E-state index contributed by atoms with van der Waals surface area (Å²) < 4.78 is 0. The molecule has 0 aromatic heterocycles. The van der Waals surface area contributed by atoms with Gasteiger partial charge in [0.15, 0.2) is 0 Å². The lowest BCUT2D eigenvalue weighted by Crippen LogP contribution is -2.44. The normalized spacial score (nSPS) is 20.9. The van der Waals surface area contributed by atoms with Crippen LogP contribution in [0.4, 0.5) is 0 Å². The van der Waals surface area contributed by atoms with Gasteiger partial charge in [0.05, 0.1) is 0 Å². The van der Waals surface area contributed by atoms with Gasteiger partial charge in [0.25, 0.3) is 0 Å². The summed E-state index contributed by atoms with van der Waals surface area (Å²) in [6.07, 6.45) is 0.796. The number of hydrogen-bond acceptors (Lipinski definition) is 3. The van der Waals surface area contributed by atoms with Gasteiger partial charge in [-0.15, -0.1) is 0 Å². The predicted octanol–water partition coefficient (Wildman–Crippen LogP) is -1.32. The van der Waals surface area contributed by atoms with E-state index in [0.29, 0.717) is 19.6 Å². The van der Waals surface area contributed by atoms with Crippen molar-refractivity contribution in [3.8, 4) is 0 Å². The lowest BCUT2D eigenvalue weighted by molar-refractivity contribution is -0.145. The van der Waals surface area contributed by atoms with E-state index in [1.54, 1.807) is 0 Å². The minimum Gasteiger partial charge on any atom is -0.348 e. The van der Waals surface area contributed by atoms with Gasteiger partial charge >= 0.3 is 11.8 Å². The molecule has 0 aromatic rings. The van der Waals surface area contributed by atoms with Gasteiger partial charge in [-0.25, -0.2) is 0 Å². The van der Waals surface area contributed by atoms with E-state index in [0.717, 1.165) is 6.42 Å². The molecule has 3 N–H and O–H groups in total. The molecule has 0 radical (unpaired) electrons. The molecule has 0 aromatic carbocycles. The van der Waals surface area contributed by atoms with Gasteiger partial charge in [-0.3, -0.25) is 9.59 Å². The van der Waals surface area contributed by atoms with E-state index < -0.39 is 11.8 Å². The molecule has 74 valence electrons. The van der Waals surface area contributed by atoms with Crippen molar-refractivity contribution in [3.05, 3.63) is 0 Å². The number of carbonyl (C=O) groups is 2. The molecular weight excluding hydrogens is 170 g/mol. The molecule has 1 aliphatic rings. The molecule has 2 amide bonds. The molecular formula is C8H15N3O2. The second kappa shape index (κ2) is 4.23. The number of rotatable bonds is 2. The van der Waals surface area contributed by atoms with Crippen LogP contribution in [-0.2, 0) is 9.59 Å². The number of carbonyl (C=O) groups excluding carboxylic acids is 2. The van der Waals surface area contributed by atoms with Crippen molar-refractivity contribution in [3.63, 3.8) is 0 Å². The van der Waals surface area contributed by atoms with Crippen LogP contribution in [0.3, 0.4) is 0 Å². The Labute approximate surface area is 77.3 Å². The lowest BCUT2D eigenvalue weighted by atomic mass is 10.3. The first-order chi connectivity index (χ1) is 6.11. The van der Waals surface area contributed by atoms with Crippen LogP contribution in [0, 0.1) is 0 Å². The van der Waals surface area contributed by atoms with Crippen LogP contribution in [0.1, 0.15) is 13.3 Å². The number of nitrogens with zero attached hydrogens (tertiary/aromatic N) is 1. The first kappa shape index (κ1) is 9.98. The molecule has 0 saturated carbocycles. The van der Waals surface area contributed by atoms with Crippen LogP contribution in [0.25, 0.3) is 0 Å². The molecule has 1 saturated heterocycles. The second-order valence-corrected chi connectivity index (χ2v) is 3.34. The summed E-state index contributed by atoms with van der Waals surface area (Å²) in [7, 11) is 0. The molecule has 1 unspecified atom stereocenters. The fraction of sp³-hybridized carbons (Fsp3) is 0.750. The first-order valence-electron chi connectivity index (χ1n) is 4.44. The topological polar surface area (TPSA) is 75.4 Å². The molecule has 5 nitrogen and oxygen atoms in total. The average molecular weight is 185 g/mol. The maximum Gasteiger partial charge on any atom is 0.311 e. The highest BCUT2D eigenvalue weighted by atomic mass is 16.2. The third kappa shape index (κ3) is 2.69. The summed E-state index contributed by atoms with van der Waals surface area (Å²) in [5.74, 6) is -0.979. The molecule has 0 bridgehead atoms. The van der Waals surface area contributed by atoms with Crippen LogP contribution in [-0.4, -0.2) is 42.4 Å². The summed E-state index contributed by atoms with van der Waals surface area (Å²) in [5.41, 5.74) is 5.56. The van der Waals surface area contributed by atoms with Crippen molar-refractivity contribution in [1.82, 2.24) is 10.2 Å². The summed E-state index contributed by atoms with van der Waals surface area (Å²) >= 11 is 0. The fourth-order valence-electron chi connectivity index (χ4n) is 1.31. The van der Waals surface area contributed by atoms with Gasteiger partial charge in [0, 0.05) is 25.7 Å². The zero-order valence-electron chi connectivity index (χ0n) is 7.75. The van der Waals surface area contributed by atoms with Crippen molar-refractivity contribution in [2.75, 3.05) is 19.6 Å². The van der Waals surface area contributed by atoms with Crippen molar-refractivity contribution < 1.29 is 9.59 Å². The number of nitrogens with two attached hydrogens (primary N) is 1. The molecule has 1 rings (SSSR count). The zero-order valence-corrected chi connectivity index (χ0v) is 7.75. The zero-order chi connectivity index (χ0) is 9.84. The molecule has 1 aliphatic heterocycles. The molecule has 0 aliphatic carbocycles. The smallest absolute Gasteiger partial charge is 0.311 e. The number of amides is 2. The average Bonchev–Trinajstić information content (AvgIpc) is 2.19.